The Hall–Kier alpha value is -1.64. The Morgan fingerprint density at radius 1 is 1.12 bits per heavy atom. The number of rotatable bonds is 3. The Morgan fingerprint density at radius 3 is 2.19 bits per heavy atom. The summed E-state index contributed by atoms with van der Waals surface area (Å²) in [4.78, 5) is 0. The zero-order valence-corrected chi connectivity index (χ0v) is 10.1. The fourth-order valence-electron chi connectivity index (χ4n) is 2.04. The van der Waals surface area contributed by atoms with Gasteiger partial charge < -0.3 is 0 Å². The second-order valence-electron chi connectivity index (χ2n) is 3.88. The normalized spacial score (nSPS) is 10.7. The summed E-state index contributed by atoms with van der Waals surface area (Å²) in [6.45, 7) is 6.34. The summed E-state index contributed by atoms with van der Waals surface area (Å²) >= 11 is 0. The second kappa shape index (κ2) is 4.47. The minimum absolute atomic E-state index is 0.940. The van der Waals surface area contributed by atoms with Crippen LogP contribution in [-0.2, 0) is 12.8 Å². The Bertz CT molecular complexity index is 463. The van der Waals surface area contributed by atoms with Gasteiger partial charge in [-0.15, -0.1) is 10.2 Å². The molecule has 0 aliphatic rings. The molecular formula is C13H17N3. The van der Waals surface area contributed by atoms with Crippen molar-refractivity contribution >= 4 is 0 Å². The van der Waals surface area contributed by atoms with Gasteiger partial charge >= 0.3 is 0 Å². The van der Waals surface area contributed by atoms with Crippen LogP contribution in [0.1, 0.15) is 30.8 Å². The molecule has 1 aromatic heterocycles. The largest absolute Gasteiger partial charge is 0.285 e. The Balaban J connectivity index is 2.66. The van der Waals surface area contributed by atoms with Crippen molar-refractivity contribution in [1.82, 2.24) is 14.8 Å². The highest BCUT2D eigenvalue weighted by Crippen LogP contribution is 2.21. The van der Waals surface area contributed by atoms with Gasteiger partial charge in [-0.2, -0.15) is 0 Å². The molecule has 2 aromatic rings. The molecule has 0 saturated carbocycles. The van der Waals surface area contributed by atoms with Crippen LogP contribution in [-0.4, -0.2) is 14.8 Å². The van der Waals surface area contributed by atoms with Gasteiger partial charge in [0, 0.05) is 0 Å². The Kier molecular flexibility index (Phi) is 3.04. The molecule has 0 radical (unpaired) electrons. The van der Waals surface area contributed by atoms with E-state index in [0.717, 1.165) is 18.7 Å². The third-order valence-electron chi connectivity index (χ3n) is 2.92. The van der Waals surface area contributed by atoms with Crippen molar-refractivity contribution in [3.05, 3.63) is 41.5 Å². The summed E-state index contributed by atoms with van der Waals surface area (Å²) in [6, 6.07) is 6.47. The molecule has 0 aliphatic heterocycles. The van der Waals surface area contributed by atoms with E-state index < -0.39 is 0 Å². The van der Waals surface area contributed by atoms with Gasteiger partial charge in [-0.3, -0.25) is 4.57 Å². The van der Waals surface area contributed by atoms with Crippen LogP contribution in [0.25, 0.3) is 5.69 Å². The van der Waals surface area contributed by atoms with E-state index in [1.807, 2.05) is 6.92 Å². The zero-order valence-electron chi connectivity index (χ0n) is 10.1. The van der Waals surface area contributed by atoms with Gasteiger partial charge in [0.1, 0.15) is 12.2 Å². The van der Waals surface area contributed by atoms with Crippen LogP contribution in [0.2, 0.25) is 0 Å². The predicted octanol–water partition coefficient (Wildman–Crippen LogP) is 2.70. The SMILES string of the molecule is CCc1cccc(CC)c1-n1cnnc1C. The van der Waals surface area contributed by atoms with Gasteiger partial charge in [0.15, 0.2) is 0 Å². The first-order valence-corrected chi connectivity index (χ1v) is 5.75. The molecule has 0 bridgehead atoms. The lowest BCUT2D eigenvalue weighted by atomic mass is 10.0. The smallest absolute Gasteiger partial charge is 0.134 e. The molecule has 0 aliphatic carbocycles. The third kappa shape index (κ3) is 1.73. The quantitative estimate of drug-likeness (QED) is 0.788. The summed E-state index contributed by atoms with van der Waals surface area (Å²) < 4.78 is 2.08. The topological polar surface area (TPSA) is 30.7 Å². The van der Waals surface area contributed by atoms with Crippen LogP contribution in [0.3, 0.4) is 0 Å². The maximum Gasteiger partial charge on any atom is 0.134 e. The second-order valence-corrected chi connectivity index (χ2v) is 3.88. The number of benzene rings is 1. The molecular weight excluding hydrogens is 198 g/mol. The number of nitrogens with zero attached hydrogens (tertiary/aromatic N) is 3. The summed E-state index contributed by atoms with van der Waals surface area (Å²) in [5.74, 6) is 0.940. The van der Waals surface area contributed by atoms with Crippen LogP contribution in [0, 0.1) is 6.92 Å². The number of aromatic nitrogens is 3. The van der Waals surface area contributed by atoms with E-state index in [4.69, 9.17) is 0 Å². The first kappa shape index (κ1) is 10.9. The molecule has 0 fully saturated rings. The molecule has 0 unspecified atom stereocenters. The van der Waals surface area contributed by atoms with Crippen molar-refractivity contribution in [2.45, 2.75) is 33.6 Å². The van der Waals surface area contributed by atoms with Crippen LogP contribution in [0.5, 0.6) is 0 Å². The van der Waals surface area contributed by atoms with E-state index in [9.17, 15) is 0 Å². The molecule has 0 N–H and O–H groups in total. The molecule has 0 spiro atoms. The summed E-state index contributed by atoms with van der Waals surface area (Å²) in [6.07, 6.45) is 3.85. The average molecular weight is 215 g/mol. The Morgan fingerprint density at radius 2 is 1.75 bits per heavy atom. The maximum absolute atomic E-state index is 4.06. The van der Waals surface area contributed by atoms with E-state index in [-0.39, 0.29) is 0 Å². The van der Waals surface area contributed by atoms with Crippen molar-refractivity contribution in [2.75, 3.05) is 0 Å². The standard InChI is InChI=1S/C13H17N3/c1-4-11-7-6-8-12(5-2)13(11)16-9-14-15-10(16)3/h6-9H,4-5H2,1-3H3. The summed E-state index contributed by atoms with van der Waals surface area (Å²) in [5, 5.41) is 8.02. The Labute approximate surface area is 96.1 Å². The molecule has 0 atom stereocenters. The molecule has 1 heterocycles. The fraction of sp³-hybridized carbons (Fsp3) is 0.385. The average Bonchev–Trinajstić information content (AvgIpc) is 2.74. The number of para-hydroxylation sites is 1. The van der Waals surface area contributed by atoms with Gasteiger partial charge in [-0.1, -0.05) is 32.0 Å². The van der Waals surface area contributed by atoms with E-state index in [1.54, 1.807) is 6.33 Å². The number of aryl methyl sites for hydroxylation is 3. The van der Waals surface area contributed by atoms with Gasteiger partial charge in [0.05, 0.1) is 5.69 Å². The first-order valence-electron chi connectivity index (χ1n) is 5.75. The highest BCUT2D eigenvalue weighted by molar-refractivity contribution is 5.48. The minimum Gasteiger partial charge on any atom is -0.285 e. The monoisotopic (exact) mass is 215 g/mol. The summed E-state index contributed by atoms with van der Waals surface area (Å²) in [5.41, 5.74) is 3.96. The lowest BCUT2D eigenvalue weighted by Crippen LogP contribution is -2.04. The maximum atomic E-state index is 4.06. The van der Waals surface area contributed by atoms with Crippen LogP contribution in [0.15, 0.2) is 24.5 Å². The molecule has 0 saturated heterocycles. The van der Waals surface area contributed by atoms with Gasteiger partial charge in [-0.25, -0.2) is 0 Å². The first-order chi connectivity index (χ1) is 7.77. The predicted molar refractivity (Wildman–Crippen MR) is 64.9 cm³/mol. The van der Waals surface area contributed by atoms with Crippen molar-refractivity contribution in [1.29, 1.82) is 0 Å². The van der Waals surface area contributed by atoms with Crippen LogP contribution >= 0.6 is 0 Å². The lowest BCUT2D eigenvalue weighted by molar-refractivity contribution is 0.919. The molecule has 0 amide bonds. The zero-order chi connectivity index (χ0) is 11.5. The number of hydrogen-bond acceptors (Lipinski definition) is 2. The van der Waals surface area contributed by atoms with E-state index >= 15 is 0 Å². The molecule has 2 rings (SSSR count). The van der Waals surface area contributed by atoms with Gasteiger partial charge in [0.2, 0.25) is 0 Å². The minimum atomic E-state index is 0.940. The van der Waals surface area contributed by atoms with Crippen molar-refractivity contribution < 1.29 is 0 Å². The highest BCUT2D eigenvalue weighted by atomic mass is 15.3. The van der Waals surface area contributed by atoms with Gasteiger partial charge in [-0.05, 0) is 30.9 Å². The molecule has 3 heteroatoms. The van der Waals surface area contributed by atoms with E-state index in [2.05, 4.69) is 46.8 Å². The van der Waals surface area contributed by atoms with Crippen LogP contribution < -0.4 is 0 Å². The van der Waals surface area contributed by atoms with Crippen molar-refractivity contribution in [3.63, 3.8) is 0 Å². The molecule has 3 nitrogen and oxygen atoms in total. The lowest BCUT2D eigenvalue weighted by Gasteiger charge is -2.14. The van der Waals surface area contributed by atoms with Crippen LogP contribution in [0.4, 0.5) is 0 Å². The third-order valence-corrected chi connectivity index (χ3v) is 2.92. The fourth-order valence-corrected chi connectivity index (χ4v) is 2.04. The van der Waals surface area contributed by atoms with Gasteiger partial charge in [0.25, 0.3) is 0 Å². The summed E-state index contributed by atoms with van der Waals surface area (Å²) in [7, 11) is 0. The van der Waals surface area contributed by atoms with Crippen molar-refractivity contribution in [3.8, 4) is 5.69 Å². The molecule has 1 aromatic carbocycles. The number of hydrogen-bond donors (Lipinski definition) is 0. The molecule has 16 heavy (non-hydrogen) atoms. The van der Waals surface area contributed by atoms with E-state index in [0.29, 0.717) is 0 Å². The molecule has 84 valence electrons. The highest BCUT2D eigenvalue weighted by Gasteiger charge is 2.10. The van der Waals surface area contributed by atoms with Crippen molar-refractivity contribution in [2.24, 2.45) is 0 Å². The van der Waals surface area contributed by atoms with E-state index in [1.165, 1.54) is 16.8 Å².